The molecular formula is C12H15NO3. The fourth-order valence-corrected chi connectivity index (χ4v) is 1.75. The van der Waals surface area contributed by atoms with Gasteiger partial charge in [0.2, 0.25) is 0 Å². The van der Waals surface area contributed by atoms with E-state index in [0.717, 1.165) is 11.3 Å². The molecule has 1 heterocycles. The summed E-state index contributed by atoms with van der Waals surface area (Å²) in [6, 6.07) is 7.68. The van der Waals surface area contributed by atoms with Gasteiger partial charge in [-0.25, -0.2) is 4.79 Å². The standard InChI is InChI=1S/C12H15NO3/c1-3-15-10-6-4-9(5-7-10)12(2)8-16-11(14)13-12/h4-7H,3,8H2,1-2H3,(H,13,14). The van der Waals surface area contributed by atoms with Crippen LogP contribution in [0, 0.1) is 0 Å². The van der Waals surface area contributed by atoms with Crippen LogP contribution in [-0.2, 0) is 10.3 Å². The van der Waals surface area contributed by atoms with E-state index in [4.69, 9.17) is 9.47 Å². The normalized spacial score (nSPS) is 23.8. The number of carbonyl (C=O) groups excluding carboxylic acids is 1. The van der Waals surface area contributed by atoms with Gasteiger partial charge >= 0.3 is 6.09 Å². The van der Waals surface area contributed by atoms with Gasteiger partial charge in [0.05, 0.1) is 12.1 Å². The maximum absolute atomic E-state index is 11.0. The summed E-state index contributed by atoms with van der Waals surface area (Å²) in [6.07, 6.45) is -0.364. The maximum Gasteiger partial charge on any atom is 0.408 e. The average molecular weight is 221 g/mol. The van der Waals surface area contributed by atoms with Crippen LogP contribution in [0.15, 0.2) is 24.3 Å². The van der Waals surface area contributed by atoms with Crippen LogP contribution < -0.4 is 10.1 Å². The Morgan fingerprint density at radius 2 is 2.12 bits per heavy atom. The van der Waals surface area contributed by atoms with E-state index in [1.54, 1.807) is 0 Å². The molecule has 1 aliphatic rings. The summed E-state index contributed by atoms with van der Waals surface area (Å²) in [5.41, 5.74) is 0.587. The number of amides is 1. The minimum absolute atomic E-state index is 0.361. The molecule has 86 valence electrons. The fraction of sp³-hybridized carbons (Fsp3) is 0.417. The number of rotatable bonds is 3. The predicted molar refractivity (Wildman–Crippen MR) is 59.4 cm³/mol. The Morgan fingerprint density at radius 1 is 1.44 bits per heavy atom. The first-order chi connectivity index (χ1) is 7.64. The van der Waals surface area contributed by atoms with Gasteiger partial charge in [-0.2, -0.15) is 0 Å². The highest BCUT2D eigenvalue weighted by atomic mass is 16.6. The van der Waals surface area contributed by atoms with Crippen molar-refractivity contribution in [2.75, 3.05) is 13.2 Å². The number of hydrogen-bond donors (Lipinski definition) is 1. The van der Waals surface area contributed by atoms with E-state index in [-0.39, 0.29) is 6.09 Å². The average Bonchev–Trinajstić information content (AvgIpc) is 2.61. The Bertz CT molecular complexity index is 388. The molecule has 0 radical (unpaired) electrons. The second kappa shape index (κ2) is 4.04. The lowest BCUT2D eigenvalue weighted by atomic mass is 9.94. The molecule has 0 spiro atoms. The van der Waals surface area contributed by atoms with Crippen LogP contribution in [0.4, 0.5) is 4.79 Å². The first-order valence-corrected chi connectivity index (χ1v) is 5.32. The van der Waals surface area contributed by atoms with Crippen molar-refractivity contribution in [3.8, 4) is 5.75 Å². The van der Waals surface area contributed by atoms with Crippen LogP contribution in [0.3, 0.4) is 0 Å². The molecule has 4 nitrogen and oxygen atoms in total. The van der Waals surface area contributed by atoms with Gasteiger partial charge < -0.3 is 14.8 Å². The molecule has 16 heavy (non-hydrogen) atoms. The van der Waals surface area contributed by atoms with Gasteiger partial charge in [-0.05, 0) is 31.5 Å². The largest absolute Gasteiger partial charge is 0.494 e. The van der Waals surface area contributed by atoms with E-state index in [1.165, 1.54) is 0 Å². The fourth-order valence-electron chi connectivity index (χ4n) is 1.75. The summed E-state index contributed by atoms with van der Waals surface area (Å²) in [7, 11) is 0. The maximum atomic E-state index is 11.0. The van der Waals surface area contributed by atoms with Crippen molar-refractivity contribution >= 4 is 6.09 Å². The number of ether oxygens (including phenoxy) is 2. The molecule has 1 amide bonds. The third-order valence-corrected chi connectivity index (χ3v) is 2.67. The van der Waals surface area contributed by atoms with E-state index >= 15 is 0 Å². The van der Waals surface area contributed by atoms with Crippen molar-refractivity contribution in [2.24, 2.45) is 0 Å². The monoisotopic (exact) mass is 221 g/mol. The molecule has 0 aromatic heterocycles. The zero-order valence-corrected chi connectivity index (χ0v) is 9.45. The highest BCUT2D eigenvalue weighted by molar-refractivity contribution is 5.71. The molecule has 1 fully saturated rings. The van der Waals surface area contributed by atoms with E-state index in [0.29, 0.717) is 13.2 Å². The van der Waals surface area contributed by atoms with Gasteiger partial charge in [-0.3, -0.25) is 0 Å². The Balaban J connectivity index is 2.18. The highest BCUT2D eigenvalue weighted by Gasteiger charge is 2.36. The molecule has 1 N–H and O–H groups in total. The van der Waals surface area contributed by atoms with E-state index in [2.05, 4.69) is 5.32 Å². The summed E-state index contributed by atoms with van der Waals surface area (Å²) in [6.45, 7) is 4.89. The SMILES string of the molecule is CCOc1ccc(C2(C)COC(=O)N2)cc1. The van der Waals surface area contributed by atoms with Gasteiger partial charge in [-0.1, -0.05) is 12.1 Å². The lowest BCUT2D eigenvalue weighted by Crippen LogP contribution is -2.37. The molecule has 1 saturated heterocycles. The molecule has 1 atom stereocenters. The lowest BCUT2D eigenvalue weighted by Gasteiger charge is -2.21. The van der Waals surface area contributed by atoms with Gasteiger partial charge in [-0.15, -0.1) is 0 Å². The second-order valence-electron chi connectivity index (χ2n) is 3.99. The van der Waals surface area contributed by atoms with Crippen LogP contribution >= 0.6 is 0 Å². The topological polar surface area (TPSA) is 47.6 Å². The van der Waals surface area contributed by atoms with Crippen molar-refractivity contribution in [3.63, 3.8) is 0 Å². The zero-order chi connectivity index (χ0) is 11.6. The molecule has 1 aromatic rings. The third-order valence-electron chi connectivity index (χ3n) is 2.67. The van der Waals surface area contributed by atoms with Crippen LogP contribution in [0.5, 0.6) is 5.75 Å². The number of benzene rings is 1. The number of alkyl carbamates (subject to hydrolysis) is 1. The van der Waals surface area contributed by atoms with Crippen molar-refractivity contribution in [3.05, 3.63) is 29.8 Å². The van der Waals surface area contributed by atoms with Crippen molar-refractivity contribution in [2.45, 2.75) is 19.4 Å². The quantitative estimate of drug-likeness (QED) is 0.849. The first kappa shape index (κ1) is 10.8. The molecule has 4 heteroatoms. The van der Waals surface area contributed by atoms with Crippen LogP contribution in [0.25, 0.3) is 0 Å². The van der Waals surface area contributed by atoms with E-state index in [9.17, 15) is 4.79 Å². The number of hydrogen-bond acceptors (Lipinski definition) is 3. The zero-order valence-electron chi connectivity index (χ0n) is 9.45. The van der Waals surface area contributed by atoms with E-state index in [1.807, 2.05) is 38.1 Å². The summed E-state index contributed by atoms with van der Waals surface area (Å²) >= 11 is 0. The molecule has 0 bridgehead atoms. The number of cyclic esters (lactones) is 1. The highest BCUT2D eigenvalue weighted by Crippen LogP contribution is 2.26. The first-order valence-electron chi connectivity index (χ1n) is 5.32. The Labute approximate surface area is 94.6 Å². The molecule has 2 rings (SSSR count). The molecule has 1 aliphatic heterocycles. The molecular weight excluding hydrogens is 206 g/mol. The molecule has 0 aliphatic carbocycles. The molecule has 1 unspecified atom stereocenters. The van der Waals surface area contributed by atoms with Crippen molar-refractivity contribution in [1.29, 1.82) is 0 Å². The number of carbonyl (C=O) groups is 1. The summed E-state index contributed by atoms with van der Waals surface area (Å²) in [5, 5.41) is 2.80. The minimum Gasteiger partial charge on any atom is -0.494 e. The predicted octanol–water partition coefficient (Wildman–Crippen LogP) is 2.04. The van der Waals surface area contributed by atoms with Gasteiger partial charge in [0.15, 0.2) is 0 Å². The smallest absolute Gasteiger partial charge is 0.408 e. The summed E-state index contributed by atoms with van der Waals surface area (Å²) in [5.74, 6) is 0.833. The summed E-state index contributed by atoms with van der Waals surface area (Å²) < 4.78 is 10.3. The second-order valence-corrected chi connectivity index (χ2v) is 3.99. The minimum atomic E-state index is -0.429. The van der Waals surface area contributed by atoms with Gasteiger partial charge in [0.1, 0.15) is 12.4 Å². The van der Waals surface area contributed by atoms with Crippen LogP contribution in [0.2, 0.25) is 0 Å². The third kappa shape index (κ3) is 1.96. The lowest BCUT2D eigenvalue weighted by molar-refractivity contribution is 0.173. The number of nitrogens with one attached hydrogen (secondary N) is 1. The van der Waals surface area contributed by atoms with Crippen molar-refractivity contribution < 1.29 is 14.3 Å². The Hall–Kier alpha value is -1.71. The van der Waals surface area contributed by atoms with Gasteiger partial charge in [0, 0.05) is 0 Å². The van der Waals surface area contributed by atoms with Crippen molar-refractivity contribution in [1.82, 2.24) is 5.32 Å². The summed E-state index contributed by atoms with van der Waals surface area (Å²) in [4.78, 5) is 11.0. The van der Waals surface area contributed by atoms with E-state index < -0.39 is 5.54 Å². The van der Waals surface area contributed by atoms with Gasteiger partial charge in [0.25, 0.3) is 0 Å². The Morgan fingerprint density at radius 3 is 2.62 bits per heavy atom. The molecule has 0 saturated carbocycles. The Kier molecular flexibility index (Phi) is 2.73. The van der Waals surface area contributed by atoms with Crippen LogP contribution in [-0.4, -0.2) is 19.3 Å². The van der Waals surface area contributed by atoms with Crippen LogP contribution in [0.1, 0.15) is 19.4 Å². The molecule has 1 aromatic carbocycles.